The standard InChI is InChI=1S/C17H16BrNO/c1-4-13-6-5-7-15(10-13)19-12(2)14-8-9-17(20-3)16(18)11-14/h1,5-12,19H,2-3H3. The lowest BCUT2D eigenvalue weighted by Gasteiger charge is -2.17. The maximum Gasteiger partial charge on any atom is 0.133 e. The second-order valence-corrected chi connectivity index (χ2v) is 5.34. The van der Waals surface area contributed by atoms with Gasteiger partial charge in [0.05, 0.1) is 11.6 Å². The molecular weight excluding hydrogens is 314 g/mol. The molecule has 0 bridgehead atoms. The summed E-state index contributed by atoms with van der Waals surface area (Å²) in [5.74, 6) is 3.47. The first kappa shape index (κ1) is 14.5. The van der Waals surface area contributed by atoms with Crippen molar-refractivity contribution in [2.45, 2.75) is 13.0 Å². The molecule has 0 aromatic heterocycles. The van der Waals surface area contributed by atoms with E-state index in [9.17, 15) is 0 Å². The van der Waals surface area contributed by atoms with Crippen molar-refractivity contribution in [1.82, 2.24) is 0 Å². The van der Waals surface area contributed by atoms with Crippen molar-refractivity contribution in [3.05, 3.63) is 58.1 Å². The van der Waals surface area contributed by atoms with Crippen LogP contribution >= 0.6 is 15.9 Å². The van der Waals surface area contributed by atoms with E-state index in [-0.39, 0.29) is 6.04 Å². The smallest absolute Gasteiger partial charge is 0.133 e. The summed E-state index contributed by atoms with van der Waals surface area (Å²) in [5, 5.41) is 3.44. The molecule has 1 unspecified atom stereocenters. The van der Waals surface area contributed by atoms with Crippen LogP contribution in [0, 0.1) is 12.3 Å². The van der Waals surface area contributed by atoms with E-state index in [0.29, 0.717) is 0 Å². The highest BCUT2D eigenvalue weighted by Gasteiger charge is 2.08. The number of benzene rings is 2. The van der Waals surface area contributed by atoms with Crippen LogP contribution in [0.1, 0.15) is 24.1 Å². The lowest BCUT2D eigenvalue weighted by molar-refractivity contribution is 0.412. The van der Waals surface area contributed by atoms with Crippen molar-refractivity contribution < 1.29 is 4.74 Å². The lowest BCUT2D eigenvalue weighted by Crippen LogP contribution is -2.06. The summed E-state index contributed by atoms with van der Waals surface area (Å²) in [7, 11) is 1.66. The Labute approximate surface area is 128 Å². The Morgan fingerprint density at radius 2 is 2.05 bits per heavy atom. The molecule has 0 aliphatic rings. The van der Waals surface area contributed by atoms with Crippen LogP contribution in [0.3, 0.4) is 0 Å². The van der Waals surface area contributed by atoms with Crippen molar-refractivity contribution in [3.8, 4) is 18.1 Å². The average Bonchev–Trinajstić information content (AvgIpc) is 2.47. The number of halogens is 1. The van der Waals surface area contributed by atoms with Gasteiger partial charge in [0.2, 0.25) is 0 Å². The molecule has 0 saturated carbocycles. The van der Waals surface area contributed by atoms with Gasteiger partial charge in [-0.3, -0.25) is 0 Å². The van der Waals surface area contributed by atoms with Crippen LogP contribution in [0.25, 0.3) is 0 Å². The van der Waals surface area contributed by atoms with E-state index in [4.69, 9.17) is 11.2 Å². The number of methoxy groups -OCH3 is 1. The number of nitrogens with one attached hydrogen (secondary N) is 1. The molecule has 0 aliphatic heterocycles. The predicted molar refractivity (Wildman–Crippen MR) is 87.1 cm³/mol. The van der Waals surface area contributed by atoms with Crippen molar-refractivity contribution in [1.29, 1.82) is 0 Å². The Kier molecular flexibility index (Phi) is 4.70. The highest BCUT2D eigenvalue weighted by atomic mass is 79.9. The van der Waals surface area contributed by atoms with Gasteiger partial charge in [-0.2, -0.15) is 0 Å². The lowest BCUT2D eigenvalue weighted by atomic mass is 10.1. The largest absolute Gasteiger partial charge is 0.496 e. The van der Waals surface area contributed by atoms with Crippen LogP contribution in [-0.4, -0.2) is 7.11 Å². The molecular formula is C17H16BrNO. The zero-order valence-electron chi connectivity index (χ0n) is 11.5. The topological polar surface area (TPSA) is 21.3 Å². The Balaban J connectivity index is 2.17. The van der Waals surface area contributed by atoms with Crippen LogP contribution in [0.2, 0.25) is 0 Å². The molecule has 2 nitrogen and oxygen atoms in total. The molecule has 2 aromatic rings. The van der Waals surface area contributed by atoms with Crippen molar-refractivity contribution >= 4 is 21.6 Å². The van der Waals surface area contributed by atoms with E-state index in [1.54, 1.807) is 7.11 Å². The van der Waals surface area contributed by atoms with Gasteiger partial charge in [0.15, 0.2) is 0 Å². The summed E-state index contributed by atoms with van der Waals surface area (Å²) >= 11 is 3.50. The Morgan fingerprint density at radius 3 is 2.70 bits per heavy atom. The molecule has 0 amide bonds. The molecule has 3 heteroatoms. The van der Waals surface area contributed by atoms with E-state index in [1.807, 2.05) is 36.4 Å². The summed E-state index contributed by atoms with van der Waals surface area (Å²) in [6.07, 6.45) is 5.41. The first-order valence-corrected chi connectivity index (χ1v) is 7.10. The summed E-state index contributed by atoms with van der Waals surface area (Å²) in [4.78, 5) is 0. The maximum absolute atomic E-state index is 5.41. The molecule has 1 atom stereocenters. The maximum atomic E-state index is 5.41. The van der Waals surface area contributed by atoms with E-state index in [2.05, 4.69) is 40.2 Å². The molecule has 0 saturated heterocycles. The van der Waals surface area contributed by atoms with Crippen molar-refractivity contribution in [2.24, 2.45) is 0 Å². The molecule has 102 valence electrons. The molecule has 0 radical (unpaired) electrons. The third kappa shape index (κ3) is 3.34. The number of rotatable bonds is 4. The van der Waals surface area contributed by atoms with Crippen LogP contribution in [0.15, 0.2) is 46.9 Å². The van der Waals surface area contributed by atoms with Crippen LogP contribution in [0.5, 0.6) is 5.75 Å². The Hall–Kier alpha value is -1.92. The minimum Gasteiger partial charge on any atom is -0.496 e. The highest BCUT2D eigenvalue weighted by Crippen LogP contribution is 2.29. The van der Waals surface area contributed by atoms with E-state index >= 15 is 0 Å². The zero-order chi connectivity index (χ0) is 14.5. The van der Waals surface area contributed by atoms with Gasteiger partial charge in [0.1, 0.15) is 5.75 Å². The highest BCUT2D eigenvalue weighted by molar-refractivity contribution is 9.10. The fraction of sp³-hybridized carbons (Fsp3) is 0.176. The van der Waals surface area contributed by atoms with Crippen molar-refractivity contribution in [2.75, 3.05) is 12.4 Å². The number of ether oxygens (including phenoxy) is 1. The zero-order valence-corrected chi connectivity index (χ0v) is 13.1. The van der Waals surface area contributed by atoms with Gasteiger partial charge in [0, 0.05) is 17.3 Å². The number of anilines is 1. The monoisotopic (exact) mass is 329 g/mol. The first-order valence-electron chi connectivity index (χ1n) is 6.30. The molecule has 20 heavy (non-hydrogen) atoms. The first-order chi connectivity index (χ1) is 9.63. The van der Waals surface area contributed by atoms with Gasteiger partial charge >= 0.3 is 0 Å². The fourth-order valence-corrected chi connectivity index (χ4v) is 2.54. The van der Waals surface area contributed by atoms with Crippen molar-refractivity contribution in [3.63, 3.8) is 0 Å². The molecule has 2 aromatic carbocycles. The van der Waals surface area contributed by atoms with Gasteiger partial charge < -0.3 is 10.1 Å². The predicted octanol–water partition coefficient (Wildman–Crippen LogP) is 4.61. The Morgan fingerprint density at radius 1 is 1.25 bits per heavy atom. The van der Waals surface area contributed by atoms with Gasteiger partial charge in [-0.15, -0.1) is 6.42 Å². The van der Waals surface area contributed by atoms with E-state index in [1.165, 1.54) is 5.56 Å². The molecule has 0 heterocycles. The van der Waals surface area contributed by atoms with E-state index in [0.717, 1.165) is 21.5 Å². The second kappa shape index (κ2) is 6.49. The second-order valence-electron chi connectivity index (χ2n) is 4.49. The van der Waals surface area contributed by atoms with Crippen LogP contribution in [0.4, 0.5) is 5.69 Å². The van der Waals surface area contributed by atoms with Crippen LogP contribution < -0.4 is 10.1 Å². The SMILES string of the molecule is C#Cc1cccc(NC(C)c2ccc(OC)c(Br)c2)c1. The number of hydrogen-bond donors (Lipinski definition) is 1. The summed E-state index contributed by atoms with van der Waals surface area (Å²) in [6, 6.07) is 14.1. The minimum atomic E-state index is 0.172. The molecule has 2 rings (SSSR count). The van der Waals surface area contributed by atoms with Gasteiger partial charge in [0.25, 0.3) is 0 Å². The molecule has 0 fully saturated rings. The third-order valence-electron chi connectivity index (χ3n) is 3.09. The van der Waals surface area contributed by atoms with Gasteiger partial charge in [-0.25, -0.2) is 0 Å². The normalized spacial score (nSPS) is 11.5. The molecule has 1 N–H and O–H groups in total. The number of terminal acetylenes is 1. The minimum absolute atomic E-state index is 0.172. The van der Waals surface area contributed by atoms with Gasteiger partial charge in [-0.1, -0.05) is 18.1 Å². The third-order valence-corrected chi connectivity index (χ3v) is 3.71. The summed E-state index contributed by atoms with van der Waals surface area (Å²) in [5.41, 5.74) is 3.06. The fourth-order valence-electron chi connectivity index (χ4n) is 1.98. The summed E-state index contributed by atoms with van der Waals surface area (Å²) in [6.45, 7) is 2.11. The van der Waals surface area contributed by atoms with Gasteiger partial charge in [-0.05, 0) is 58.7 Å². The quantitative estimate of drug-likeness (QED) is 0.827. The Bertz CT molecular complexity index is 646. The average molecular weight is 330 g/mol. The van der Waals surface area contributed by atoms with Crippen LogP contribution in [-0.2, 0) is 0 Å². The molecule has 0 aliphatic carbocycles. The van der Waals surface area contributed by atoms with E-state index < -0.39 is 0 Å². The number of hydrogen-bond acceptors (Lipinski definition) is 2. The summed E-state index contributed by atoms with van der Waals surface area (Å²) < 4.78 is 6.19. The molecule has 0 spiro atoms.